The van der Waals surface area contributed by atoms with Gasteiger partial charge in [0.2, 0.25) is 0 Å². The van der Waals surface area contributed by atoms with E-state index in [1.165, 1.54) is 6.42 Å². The zero-order chi connectivity index (χ0) is 9.03. The summed E-state index contributed by atoms with van der Waals surface area (Å²) in [6.07, 6.45) is 7.02. The first-order chi connectivity index (χ1) is 5.68. The van der Waals surface area contributed by atoms with Crippen molar-refractivity contribution >= 4 is 17.7 Å². The summed E-state index contributed by atoms with van der Waals surface area (Å²) in [6.45, 7) is 0. The average Bonchev–Trinajstić information content (AvgIpc) is 1.94. The van der Waals surface area contributed by atoms with Crippen molar-refractivity contribution < 1.29 is 9.90 Å². The van der Waals surface area contributed by atoms with Crippen LogP contribution >= 0.6 is 11.8 Å². The van der Waals surface area contributed by atoms with Crippen molar-refractivity contribution in [1.82, 2.24) is 0 Å². The number of carboxylic acid groups (broad SMARTS) is 1. The lowest BCUT2D eigenvalue weighted by atomic mass is 9.65. The molecule has 1 aliphatic rings. The highest BCUT2D eigenvalue weighted by Gasteiger charge is 2.38. The molecule has 1 aliphatic carbocycles. The van der Waals surface area contributed by atoms with Gasteiger partial charge in [0, 0.05) is 0 Å². The largest absolute Gasteiger partial charge is 0.481 e. The highest BCUT2D eigenvalue weighted by Crippen LogP contribution is 2.47. The molecule has 0 saturated heterocycles. The highest BCUT2D eigenvalue weighted by molar-refractivity contribution is 7.98. The Morgan fingerprint density at radius 2 is 2.25 bits per heavy atom. The number of hydrogen-bond acceptors (Lipinski definition) is 2. The van der Waals surface area contributed by atoms with Crippen molar-refractivity contribution in [2.45, 2.75) is 32.1 Å². The number of carbonyl (C=O) groups is 1. The van der Waals surface area contributed by atoms with Crippen LogP contribution in [0.1, 0.15) is 32.1 Å². The first-order valence-corrected chi connectivity index (χ1v) is 5.79. The predicted molar refractivity (Wildman–Crippen MR) is 51.5 cm³/mol. The van der Waals surface area contributed by atoms with Gasteiger partial charge in [0.05, 0.1) is 6.42 Å². The summed E-state index contributed by atoms with van der Waals surface area (Å²) in [5.41, 5.74) is 0.175. The van der Waals surface area contributed by atoms with E-state index in [4.69, 9.17) is 5.11 Å². The lowest BCUT2D eigenvalue weighted by molar-refractivity contribution is -0.141. The Balaban J connectivity index is 2.34. The van der Waals surface area contributed by atoms with Gasteiger partial charge in [0.1, 0.15) is 0 Å². The van der Waals surface area contributed by atoms with Crippen LogP contribution in [0.2, 0.25) is 0 Å². The maximum atomic E-state index is 10.6. The fourth-order valence-electron chi connectivity index (χ4n) is 1.83. The molecule has 1 fully saturated rings. The maximum Gasteiger partial charge on any atom is 0.303 e. The summed E-state index contributed by atoms with van der Waals surface area (Å²) >= 11 is 1.81. The predicted octanol–water partition coefficient (Wildman–Crippen LogP) is 2.38. The van der Waals surface area contributed by atoms with E-state index in [0.717, 1.165) is 25.0 Å². The smallest absolute Gasteiger partial charge is 0.303 e. The van der Waals surface area contributed by atoms with Crippen LogP contribution in [0.3, 0.4) is 0 Å². The molecule has 12 heavy (non-hydrogen) atoms. The van der Waals surface area contributed by atoms with E-state index in [1.54, 1.807) is 0 Å². The fraction of sp³-hybridized carbons (Fsp3) is 0.889. The van der Waals surface area contributed by atoms with Crippen molar-refractivity contribution in [3.63, 3.8) is 0 Å². The third-order valence-electron chi connectivity index (χ3n) is 2.78. The molecule has 0 atom stereocenters. The van der Waals surface area contributed by atoms with Gasteiger partial charge in [-0.1, -0.05) is 6.42 Å². The SMILES string of the molecule is CSCCC1(CC(=O)O)CCC1. The molecule has 0 amide bonds. The third-order valence-corrected chi connectivity index (χ3v) is 3.39. The highest BCUT2D eigenvalue weighted by atomic mass is 32.2. The van der Waals surface area contributed by atoms with E-state index in [1.807, 2.05) is 11.8 Å². The summed E-state index contributed by atoms with van der Waals surface area (Å²) < 4.78 is 0. The van der Waals surface area contributed by atoms with Gasteiger partial charge in [-0.3, -0.25) is 4.79 Å². The molecule has 3 heteroatoms. The van der Waals surface area contributed by atoms with Crippen molar-refractivity contribution in [2.24, 2.45) is 5.41 Å². The zero-order valence-corrected chi connectivity index (χ0v) is 8.32. The Labute approximate surface area is 77.7 Å². The first kappa shape index (κ1) is 9.90. The van der Waals surface area contributed by atoms with Gasteiger partial charge in [-0.2, -0.15) is 11.8 Å². The molecule has 1 rings (SSSR count). The standard InChI is InChI=1S/C9H16O2S/c1-12-6-5-9(3-2-4-9)7-8(10)11/h2-7H2,1H3,(H,10,11). The zero-order valence-electron chi connectivity index (χ0n) is 7.51. The van der Waals surface area contributed by atoms with Crippen LogP contribution in [0.15, 0.2) is 0 Å². The van der Waals surface area contributed by atoms with Crippen LogP contribution in [0.5, 0.6) is 0 Å². The second kappa shape index (κ2) is 4.17. The molecule has 0 aromatic carbocycles. The van der Waals surface area contributed by atoms with E-state index in [9.17, 15) is 4.79 Å². The van der Waals surface area contributed by atoms with Crippen molar-refractivity contribution in [3.05, 3.63) is 0 Å². The third kappa shape index (κ3) is 2.41. The van der Waals surface area contributed by atoms with Gasteiger partial charge in [-0.25, -0.2) is 0 Å². The molecular weight excluding hydrogens is 172 g/mol. The minimum absolute atomic E-state index is 0.175. The van der Waals surface area contributed by atoms with Crippen LogP contribution in [0.4, 0.5) is 0 Å². The van der Waals surface area contributed by atoms with Crippen molar-refractivity contribution in [3.8, 4) is 0 Å². The molecule has 0 radical (unpaired) electrons. The molecule has 70 valence electrons. The number of carboxylic acids is 1. The van der Waals surface area contributed by atoms with Crippen LogP contribution in [-0.4, -0.2) is 23.1 Å². The molecule has 1 N–H and O–H groups in total. The second-order valence-electron chi connectivity index (χ2n) is 3.67. The first-order valence-electron chi connectivity index (χ1n) is 4.39. The Morgan fingerprint density at radius 1 is 1.58 bits per heavy atom. The summed E-state index contributed by atoms with van der Waals surface area (Å²) in [4.78, 5) is 10.6. The minimum Gasteiger partial charge on any atom is -0.481 e. The normalized spacial score (nSPS) is 20.1. The van der Waals surface area contributed by atoms with Gasteiger partial charge >= 0.3 is 5.97 Å². The lowest BCUT2D eigenvalue weighted by Crippen LogP contribution is -2.32. The quantitative estimate of drug-likeness (QED) is 0.719. The fourth-order valence-corrected chi connectivity index (χ4v) is 2.47. The average molecular weight is 188 g/mol. The molecular formula is C9H16O2S. The van der Waals surface area contributed by atoms with Crippen molar-refractivity contribution in [1.29, 1.82) is 0 Å². The molecule has 2 nitrogen and oxygen atoms in total. The molecule has 0 aromatic rings. The van der Waals surface area contributed by atoms with Gasteiger partial charge in [0.25, 0.3) is 0 Å². The molecule has 1 saturated carbocycles. The molecule has 0 heterocycles. The van der Waals surface area contributed by atoms with Gasteiger partial charge in [-0.05, 0) is 36.7 Å². The molecule has 0 spiro atoms. The summed E-state index contributed by atoms with van der Waals surface area (Å²) in [6, 6.07) is 0. The molecule has 0 unspecified atom stereocenters. The maximum absolute atomic E-state index is 10.6. The second-order valence-corrected chi connectivity index (χ2v) is 4.65. The topological polar surface area (TPSA) is 37.3 Å². The van der Waals surface area contributed by atoms with Crippen LogP contribution in [0, 0.1) is 5.41 Å². The van der Waals surface area contributed by atoms with E-state index < -0.39 is 5.97 Å². The molecule has 0 aromatic heterocycles. The number of hydrogen-bond donors (Lipinski definition) is 1. The summed E-state index contributed by atoms with van der Waals surface area (Å²) in [7, 11) is 0. The van der Waals surface area contributed by atoms with Crippen molar-refractivity contribution in [2.75, 3.05) is 12.0 Å². The van der Waals surface area contributed by atoms with Crippen LogP contribution in [0.25, 0.3) is 0 Å². The molecule has 0 bridgehead atoms. The Kier molecular flexibility index (Phi) is 3.44. The van der Waals surface area contributed by atoms with Gasteiger partial charge < -0.3 is 5.11 Å². The summed E-state index contributed by atoms with van der Waals surface area (Å²) in [5.74, 6) is 0.476. The Bertz CT molecular complexity index is 164. The lowest BCUT2D eigenvalue weighted by Gasteiger charge is -2.40. The number of rotatable bonds is 5. The van der Waals surface area contributed by atoms with E-state index in [0.29, 0.717) is 6.42 Å². The monoisotopic (exact) mass is 188 g/mol. The van der Waals surface area contributed by atoms with E-state index in [-0.39, 0.29) is 5.41 Å². The van der Waals surface area contributed by atoms with Crippen LogP contribution < -0.4 is 0 Å². The Morgan fingerprint density at radius 3 is 2.58 bits per heavy atom. The van der Waals surface area contributed by atoms with Gasteiger partial charge in [-0.15, -0.1) is 0 Å². The minimum atomic E-state index is -0.629. The van der Waals surface area contributed by atoms with E-state index in [2.05, 4.69) is 6.26 Å². The number of aliphatic carboxylic acids is 1. The van der Waals surface area contributed by atoms with E-state index >= 15 is 0 Å². The Hall–Kier alpha value is -0.180. The van der Waals surface area contributed by atoms with Gasteiger partial charge in [0.15, 0.2) is 0 Å². The number of thioether (sulfide) groups is 1. The van der Waals surface area contributed by atoms with Crippen LogP contribution in [-0.2, 0) is 4.79 Å². The molecule has 0 aliphatic heterocycles. The summed E-state index contributed by atoms with van der Waals surface area (Å²) in [5, 5.41) is 8.71.